The van der Waals surface area contributed by atoms with Crippen LogP contribution in [0, 0.1) is 71.8 Å². The van der Waals surface area contributed by atoms with E-state index in [1.807, 2.05) is 46.5 Å². The molecule has 2 aromatic rings. The van der Waals surface area contributed by atoms with E-state index in [4.69, 9.17) is 11.6 Å². The quantitative estimate of drug-likeness (QED) is 0.488. The second kappa shape index (κ2) is 13.2. The van der Waals surface area contributed by atoms with E-state index < -0.39 is 0 Å². The van der Waals surface area contributed by atoms with Crippen molar-refractivity contribution in [3.05, 3.63) is 33.9 Å². The summed E-state index contributed by atoms with van der Waals surface area (Å²) >= 11 is 5.82. The minimum Gasteiger partial charge on any atom is -0.412 e. The summed E-state index contributed by atoms with van der Waals surface area (Å²) in [7, 11) is 12.1. The molecule has 0 aliphatic heterocycles. The molecule has 2 heterocycles. The average molecular weight is 571 g/mol. The van der Waals surface area contributed by atoms with Crippen molar-refractivity contribution < 1.29 is 49.5 Å². The van der Waals surface area contributed by atoms with Gasteiger partial charge in [0.15, 0.2) is 0 Å². The van der Waals surface area contributed by atoms with E-state index >= 15 is 0 Å². The Bertz CT molecular complexity index is 487. The topological polar surface area (TPSA) is 67.1 Å². The third kappa shape index (κ3) is 8.78. The molecule has 0 aromatic carbocycles. The molecule has 21 heavy (non-hydrogen) atoms. The third-order valence-corrected chi connectivity index (χ3v) is 3.20. The molecular weight excluding hydrogens is 550 g/mol. The first kappa shape index (κ1) is 26.6. The standard InChI is InChI=1S/C6H9ClN2.C6H10N2.Ac.Cl2.H2O/c1-4-6(7)5(2)9(3)8-4;1-5-4-6(2)8(3)7-5;;1-2;/h1-3H3;4H,1-3H3;;;1H2. The van der Waals surface area contributed by atoms with Gasteiger partial charge in [-0.2, -0.15) is 10.2 Å². The van der Waals surface area contributed by atoms with Crippen molar-refractivity contribution in [3.8, 4) is 0 Å². The molecule has 0 saturated heterocycles. The molecule has 0 spiro atoms. The summed E-state index contributed by atoms with van der Waals surface area (Å²) in [6.45, 7) is 7.88. The normalized spacial score (nSPS) is 8.43. The van der Waals surface area contributed by atoms with E-state index in [1.165, 1.54) is 5.69 Å². The molecule has 0 saturated carbocycles. The summed E-state index contributed by atoms with van der Waals surface area (Å²) in [4.78, 5) is 0. The molecular formula is C12H21AcCl3N4O. The number of aromatic nitrogens is 4. The molecule has 2 N–H and O–H groups in total. The number of rotatable bonds is 0. The molecule has 119 valence electrons. The Balaban J connectivity index is -0.000000255. The summed E-state index contributed by atoms with van der Waals surface area (Å²) in [6, 6.07) is 2.06. The number of aryl methyl sites for hydroxylation is 5. The fraction of sp³-hybridized carbons (Fsp3) is 0.500. The van der Waals surface area contributed by atoms with Crippen molar-refractivity contribution in [2.45, 2.75) is 27.7 Å². The Morgan fingerprint density at radius 2 is 1.43 bits per heavy atom. The SMILES string of the molecule is Cc1cc(C)n(C)n1.Cc1nn(C)c(C)c1Cl.ClCl.O.[Ac]. The van der Waals surface area contributed by atoms with E-state index in [2.05, 4.69) is 38.0 Å². The molecule has 0 fully saturated rings. The minimum atomic E-state index is 0. The maximum Gasteiger partial charge on any atom is 0.0844 e. The van der Waals surface area contributed by atoms with Gasteiger partial charge in [0.25, 0.3) is 0 Å². The van der Waals surface area contributed by atoms with E-state index in [0.717, 1.165) is 22.1 Å². The van der Waals surface area contributed by atoms with Gasteiger partial charge in [-0.1, -0.05) is 11.6 Å². The van der Waals surface area contributed by atoms with E-state index in [1.54, 1.807) is 4.68 Å². The molecule has 0 unspecified atom stereocenters. The summed E-state index contributed by atoms with van der Waals surface area (Å²) in [5.74, 6) is 0. The van der Waals surface area contributed by atoms with Crippen LogP contribution < -0.4 is 0 Å². The minimum absolute atomic E-state index is 0. The van der Waals surface area contributed by atoms with Crippen molar-refractivity contribution in [1.82, 2.24) is 19.6 Å². The molecule has 0 aliphatic rings. The van der Waals surface area contributed by atoms with E-state index in [0.29, 0.717) is 0 Å². The molecule has 0 atom stereocenters. The van der Waals surface area contributed by atoms with Crippen LogP contribution in [-0.4, -0.2) is 25.0 Å². The van der Waals surface area contributed by atoms with Gasteiger partial charge in [-0.05, 0) is 33.8 Å². The third-order valence-electron chi connectivity index (χ3n) is 2.66. The fourth-order valence-corrected chi connectivity index (χ4v) is 1.65. The largest absolute Gasteiger partial charge is 0.412 e. The molecule has 0 bridgehead atoms. The van der Waals surface area contributed by atoms with Crippen LogP contribution in [0.1, 0.15) is 22.8 Å². The van der Waals surface area contributed by atoms with Crippen LogP contribution in [-0.2, 0) is 14.1 Å². The van der Waals surface area contributed by atoms with Crippen molar-refractivity contribution in [2.24, 2.45) is 14.1 Å². The molecule has 1 radical (unpaired) electrons. The van der Waals surface area contributed by atoms with Gasteiger partial charge in [0, 0.05) is 85.6 Å². The molecule has 9 heteroatoms. The Hall–Kier alpha value is 0.692. The number of hydrogen-bond donors (Lipinski definition) is 0. The van der Waals surface area contributed by atoms with Crippen LogP contribution in [0.2, 0.25) is 5.02 Å². The van der Waals surface area contributed by atoms with Gasteiger partial charge in [0.2, 0.25) is 0 Å². The smallest absolute Gasteiger partial charge is 0.0844 e. The summed E-state index contributed by atoms with van der Waals surface area (Å²) in [5, 5.41) is 9.00. The van der Waals surface area contributed by atoms with Crippen LogP contribution in [0.25, 0.3) is 0 Å². The zero-order chi connectivity index (χ0) is 15.2. The van der Waals surface area contributed by atoms with Gasteiger partial charge >= 0.3 is 0 Å². The first-order valence-electron chi connectivity index (χ1n) is 5.60. The van der Waals surface area contributed by atoms with Crippen molar-refractivity contribution in [3.63, 3.8) is 0 Å². The van der Waals surface area contributed by atoms with Gasteiger partial charge in [-0.15, -0.1) is 0 Å². The molecule has 2 rings (SSSR count). The maximum absolute atomic E-state index is 5.82. The monoisotopic (exact) mass is 569 g/mol. The van der Waals surface area contributed by atoms with Crippen molar-refractivity contribution in [2.75, 3.05) is 0 Å². The summed E-state index contributed by atoms with van der Waals surface area (Å²) < 4.78 is 3.65. The first-order chi connectivity index (χ1) is 8.82. The first-order valence-corrected chi connectivity index (χ1v) is 7.12. The van der Waals surface area contributed by atoms with Crippen LogP contribution in [0.5, 0.6) is 0 Å². The number of halogens is 3. The fourth-order valence-electron chi connectivity index (χ4n) is 1.49. The Morgan fingerprint density at radius 1 is 0.952 bits per heavy atom. The molecule has 5 nitrogen and oxygen atoms in total. The zero-order valence-electron chi connectivity index (χ0n) is 13.1. The Kier molecular flexibility index (Phi) is 16.7. The summed E-state index contributed by atoms with van der Waals surface area (Å²) in [6.07, 6.45) is 0. The van der Waals surface area contributed by atoms with Crippen molar-refractivity contribution >= 4 is 33.3 Å². The van der Waals surface area contributed by atoms with Crippen LogP contribution in [0.4, 0.5) is 0 Å². The number of nitrogens with zero attached hydrogens (tertiary/aromatic N) is 4. The molecule has 2 aromatic heterocycles. The second-order valence-electron chi connectivity index (χ2n) is 4.16. The number of hydrogen-bond acceptors (Lipinski definition) is 2. The second-order valence-corrected chi connectivity index (χ2v) is 4.54. The van der Waals surface area contributed by atoms with Gasteiger partial charge < -0.3 is 5.48 Å². The van der Waals surface area contributed by atoms with Gasteiger partial charge in [-0.25, -0.2) is 0 Å². The van der Waals surface area contributed by atoms with E-state index in [-0.39, 0.29) is 49.5 Å². The predicted octanol–water partition coefficient (Wildman–Crippen LogP) is 3.28. The van der Waals surface area contributed by atoms with Gasteiger partial charge in [0.05, 0.1) is 22.1 Å². The predicted molar refractivity (Wildman–Crippen MR) is 85.7 cm³/mol. The van der Waals surface area contributed by atoms with Crippen LogP contribution >= 0.6 is 33.3 Å². The average Bonchev–Trinajstić information content (AvgIpc) is 2.77. The summed E-state index contributed by atoms with van der Waals surface area (Å²) in [5.41, 5.74) is 4.22. The molecule has 0 aliphatic carbocycles. The maximum atomic E-state index is 5.82. The Morgan fingerprint density at radius 3 is 1.52 bits per heavy atom. The van der Waals surface area contributed by atoms with Crippen LogP contribution in [0.15, 0.2) is 6.07 Å². The Labute approximate surface area is 176 Å². The van der Waals surface area contributed by atoms with Crippen LogP contribution in [0.3, 0.4) is 0 Å². The van der Waals surface area contributed by atoms with E-state index in [9.17, 15) is 0 Å². The van der Waals surface area contributed by atoms with Gasteiger partial charge in [-0.3, -0.25) is 9.36 Å². The van der Waals surface area contributed by atoms with Gasteiger partial charge in [0.1, 0.15) is 0 Å². The molecule has 0 amide bonds. The zero-order valence-corrected chi connectivity index (χ0v) is 20.1. The van der Waals surface area contributed by atoms with Crippen molar-refractivity contribution in [1.29, 1.82) is 0 Å².